The normalized spacial score (nSPS) is 22.3. The monoisotopic (exact) mass is 516 g/mol. The zero-order valence-electron chi connectivity index (χ0n) is 24.7. The molecule has 1 fully saturated rings. The molecule has 0 aromatic heterocycles. The summed E-state index contributed by atoms with van der Waals surface area (Å²) in [5.41, 5.74) is 0.723. The Morgan fingerprint density at radius 1 is 1.05 bits per heavy atom. The van der Waals surface area contributed by atoms with E-state index in [1.807, 2.05) is 27.0 Å². The number of aliphatic hydroxyl groups excluding tert-OH is 1. The second kappa shape index (κ2) is 19.5. The van der Waals surface area contributed by atoms with Crippen molar-refractivity contribution >= 4 is 11.6 Å². The van der Waals surface area contributed by atoms with Crippen molar-refractivity contribution in [1.29, 1.82) is 0 Å². The lowest BCUT2D eigenvalue weighted by molar-refractivity contribution is -0.124. The minimum absolute atomic E-state index is 0.0809. The molecular formula is C33H56O4. The molecule has 4 nitrogen and oxygen atoms in total. The maximum absolute atomic E-state index is 12.6. The summed E-state index contributed by atoms with van der Waals surface area (Å²) in [6, 6.07) is 0. The van der Waals surface area contributed by atoms with Crippen molar-refractivity contribution in [2.45, 2.75) is 130 Å². The molecule has 1 aliphatic rings. The van der Waals surface area contributed by atoms with E-state index in [4.69, 9.17) is 4.74 Å². The molecule has 1 N–H and O–H groups in total. The van der Waals surface area contributed by atoms with E-state index in [0.29, 0.717) is 36.7 Å². The van der Waals surface area contributed by atoms with E-state index in [1.54, 1.807) is 0 Å². The van der Waals surface area contributed by atoms with Gasteiger partial charge in [-0.05, 0) is 75.2 Å². The fourth-order valence-corrected chi connectivity index (χ4v) is 5.07. The summed E-state index contributed by atoms with van der Waals surface area (Å²) in [6.45, 7) is 10.5. The number of aliphatic hydroxyl groups is 1. The molecule has 1 saturated carbocycles. The number of ketones is 2. The topological polar surface area (TPSA) is 63.6 Å². The number of hydrogen-bond donors (Lipinski definition) is 1. The summed E-state index contributed by atoms with van der Waals surface area (Å²) in [5, 5.41) is 10.5. The second-order valence-electron chi connectivity index (χ2n) is 11.7. The zero-order chi connectivity index (χ0) is 27.6. The molecule has 0 aromatic carbocycles. The Hall–Kier alpha value is -1.52. The molecule has 37 heavy (non-hydrogen) atoms. The van der Waals surface area contributed by atoms with Crippen LogP contribution >= 0.6 is 0 Å². The Balaban J connectivity index is 2.28. The smallest absolute Gasteiger partial charge is 0.138 e. The molecular weight excluding hydrogens is 460 g/mol. The standard InChI is InChI=1S/C33H56O4/c1-7-25(2)14-11-9-8-10-12-15-27(4)32(35)24-33(36)28(5)19-21-30(34)20-18-26(3)22-29-16-13-17-31(23-29)37-6/h8-11,19,25-27,29,31,33,36H,7,12-18,20-24H2,1-6H3. The van der Waals surface area contributed by atoms with Crippen LogP contribution in [0.15, 0.2) is 36.0 Å². The van der Waals surface area contributed by atoms with Crippen LogP contribution in [0.3, 0.4) is 0 Å². The second-order valence-corrected chi connectivity index (χ2v) is 11.7. The molecule has 0 amide bonds. The van der Waals surface area contributed by atoms with Crippen molar-refractivity contribution in [2.75, 3.05) is 7.11 Å². The molecule has 0 heterocycles. The van der Waals surface area contributed by atoms with Crippen LogP contribution in [0.2, 0.25) is 0 Å². The van der Waals surface area contributed by atoms with E-state index in [-0.39, 0.29) is 23.9 Å². The molecule has 0 aliphatic heterocycles. The average Bonchev–Trinajstić information content (AvgIpc) is 2.89. The molecule has 0 radical (unpaired) electrons. The molecule has 212 valence electrons. The van der Waals surface area contributed by atoms with Gasteiger partial charge in [0, 0.05) is 32.3 Å². The fraction of sp³-hybridized carbons (Fsp3) is 0.758. The van der Waals surface area contributed by atoms with Gasteiger partial charge in [0.25, 0.3) is 0 Å². The first-order valence-electron chi connectivity index (χ1n) is 14.9. The van der Waals surface area contributed by atoms with Crippen molar-refractivity contribution in [1.82, 2.24) is 0 Å². The van der Waals surface area contributed by atoms with Gasteiger partial charge >= 0.3 is 0 Å². The lowest BCUT2D eigenvalue weighted by atomic mass is 9.80. The Labute approximate surface area is 228 Å². The molecule has 1 rings (SSSR count). The third-order valence-electron chi connectivity index (χ3n) is 8.23. The van der Waals surface area contributed by atoms with Gasteiger partial charge < -0.3 is 9.84 Å². The number of ether oxygens (including phenoxy) is 1. The van der Waals surface area contributed by atoms with Crippen molar-refractivity contribution in [3.63, 3.8) is 0 Å². The Morgan fingerprint density at radius 2 is 1.78 bits per heavy atom. The molecule has 0 saturated heterocycles. The van der Waals surface area contributed by atoms with E-state index in [2.05, 4.69) is 45.1 Å². The zero-order valence-corrected chi connectivity index (χ0v) is 24.7. The van der Waals surface area contributed by atoms with Crippen LogP contribution in [0, 0.1) is 23.7 Å². The third kappa shape index (κ3) is 15.5. The molecule has 6 unspecified atom stereocenters. The van der Waals surface area contributed by atoms with Crippen LogP contribution in [-0.4, -0.2) is 36.0 Å². The SMILES string of the molecule is CCC(C)CC=CC=CCCC(C)C(=O)CC(O)C(C)=CCC(=O)CCC(C)CC1CCCC(OC)C1. The summed E-state index contributed by atoms with van der Waals surface area (Å²) < 4.78 is 5.55. The van der Waals surface area contributed by atoms with E-state index in [9.17, 15) is 14.7 Å². The Kier molecular flexibility index (Phi) is 17.7. The highest BCUT2D eigenvalue weighted by Crippen LogP contribution is 2.32. The first-order chi connectivity index (χ1) is 17.7. The van der Waals surface area contributed by atoms with Gasteiger partial charge in [-0.1, -0.05) is 77.3 Å². The Morgan fingerprint density at radius 3 is 2.49 bits per heavy atom. The van der Waals surface area contributed by atoms with Crippen LogP contribution in [0.4, 0.5) is 0 Å². The number of rotatable bonds is 19. The van der Waals surface area contributed by atoms with E-state index in [0.717, 1.165) is 37.7 Å². The molecule has 4 heteroatoms. The van der Waals surface area contributed by atoms with Crippen molar-refractivity contribution in [2.24, 2.45) is 23.7 Å². The molecule has 6 atom stereocenters. The lowest BCUT2D eigenvalue weighted by Crippen LogP contribution is -2.23. The molecule has 0 aromatic rings. The van der Waals surface area contributed by atoms with Gasteiger partial charge in [0.05, 0.1) is 12.2 Å². The number of methoxy groups -OCH3 is 1. The minimum atomic E-state index is -0.805. The van der Waals surface area contributed by atoms with Gasteiger partial charge in [0.15, 0.2) is 0 Å². The summed E-state index contributed by atoms with van der Waals surface area (Å²) >= 11 is 0. The van der Waals surface area contributed by atoms with E-state index < -0.39 is 6.10 Å². The number of carbonyl (C=O) groups excluding carboxylic acids is 2. The van der Waals surface area contributed by atoms with Crippen molar-refractivity contribution in [3.05, 3.63) is 36.0 Å². The highest BCUT2D eigenvalue weighted by Gasteiger charge is 2.23. The quantitative estimate of drug-likeness (QED) is 0.139. The van der Waals surface area contributed by atoms with Gasteiger partial charge in [-0.3, -0.25) is 9.59 Å². The van der Waals surface area contributed by atoms with Crippen LogP contribution in [0.5, 0.6) is 0 Å². The van der Waals surface area contributed by atoms with Crippen LogP contribution < -0.4 is 0 Å². The Bertz CT molecular complexity index is 735. The molecule has 0 bridgehead atoms. The van der Waals surface area contributed by atoms with Gasteiger partial charge in [-0.15, -0.1) is 0 Å². The van der Waals surface area contributed by atoms with Gasteiger partial charge in [0.1, 0.15) is 11.6 Å². The average molecular weight is 517 g/mol. The van der Waals surface area contributed by atoms with Gasteiger partial charge in [-0.2, -0.15) is 0 Å². The first-order valence-corrected chi connectivity index (χ1v) is 14.9. The first kappa shape index (κ1) is 33.5. The number of allylic oxidation sites excluding steroid dienone is 5. The van der Waals surface area contributed by atoms with E-state index in [1.165, 1.54) is 32.1 Å². The number of hydrogen-bond acceptors (Lipinski definition) is 4. The van der Waals surface area contributed by atoms with Gasteiger partial charge in [0.2, 0.25) is 0 Å². The summed E-state index contributed by atoms with van der Waals surface area (Å²) in [7, 11) is 1.81. The third-order valence-corrected chi connectivity index (χ3v) is 8.23. The highest BCUT2D eigenvalue weighted by molar-refractivity contribution is 5.82. The van der Waals surface area contributed by atoms with Crippen molar-refractivity contribution in [3.8, 4) is 0 Å². The summed E-state index contributed by atoms with van der Waals surface area (Å²) in [5.74, 6) is 2.18. The lowest BCUT2D eigenvalue weighted by Gasteiger charge is -2.29. The van der Waals surface area contributed by atoms with Crippen LogP contribution in [-0.2, 0) is 14.3 Å². The number of carbonyl (C=O) groups is 2. The maximum atomic E-state index is 12.6. The van der Waals surface area contributed by atoms with Crippen molar-refractivity contribution < 1.29 is 19.4 Å². The maximum Gasteiger partial charge on any atom is 0.138 e. The van der Waals surface area contributed by atoms with Gasteiger partial charge in [-0.25, -0.2) is 0 Å². The highest BCUT2D eigenvalue weighted by atomic mass is 16.5. The predicted octanol–water partition coefficient (Wildman–Crippen LogP) is 8.19. The van der Waals surface area contributed by atoms with E-state index >= 15 is 0 Å². The summed E-state index contributed by atoms with van der Waals surface area (Å²) in [6.07, 6.45) is 21.8. The number of Topliss-reactive ketones (excluding diaryl/α,β-unsaturated/α-hetero) is 2. The van der Waals surface area contributed by atoms with Crippen LogP contribution in [0.25, 0.3) is 0 Å². The predicted molar refractivity (Wildman–Crippen MR) is 156 cm³/mol. The molecule has 0 spiro atoms. The molecule has 1 aliphatic carbocycles. The summed E-state index contributed by atoms with van der Waals surface area (Å²) in [4.78, 5) is 25.0. The minimum Gasteiger partial charge on any atom is -0.388 e. The largest absolute Gasteiger partial charge is 0.388 e. The van der Waals surface area contributed by atoms with Crippen LogP contribution in [0.1, 0.15) is 118 Å². The fourth-order valence-electron chi connectivity index (χ4n) is 5.07.